The molecule has 2 aromatic carbocycles. The molecule has 0 spiro atoms. The van der Waals surface area contributed by atoms with Crippen LogP contribution in [0.5, 0.6) is 5.75 Å². The number of ether oxygens (including phenoxy) is 1. The standard InChI is InChI=1S/C24H34O6S2/c1-7-23(5,8-2)21-16-15-20(17-22(21)32(27,28)29)31(25,26)19-13-11-18(12-14-19)30-24(6,9-3)10-4/h11-17H,7-10H2,1-6H3,(H,27,28,29). The molecule has 0 saturated heterocycles. The van der Waals surface area contributed by atoms with Crippen molar-refractivity contribution in [3.05, 3.63) is 48.0 Å². The molecule has 0 fully saturated rings. The summed E-state index contributed by atoms with van der Waals surface area (Å²) in [5.74, 6) is 0.561. The molecule has 1 N–H and O–H groups in total. The smallest absolute Gasteiger partial charge is 0.294 e. The van der Waals surface area contributed by atoms with Crippen LogP contribution in [0.3, 0.4) is 0 Å². The van der Waals surface area contributed by atoms with Gasteiger partial charge in [-0.3, -0.25) is 4.55 Å². The quantitative estimate of drug-likeness (QED) is 0.430. The van der Waals surface area contributed by atoms with E-state index in [9.17, 15) is 21.4 Å². The monoisotopic (exact) mass is 482 g/mol. The molecule has 32 heavy (non-hydrogen) atoms. The lowest BCUT2D eigenvalue weighted by Gasteiger charge is -2.29. The van der Waals surface area contributed by atoms with Crippen LogP contribution in [0.1, 0.15) is 72.8 Å². The highest BCUT2D eigenvalue weighted by Crippen LogP contribution is 2.37. The molecule has 8 heteroatoms. The molecule has 0 aliphatic heterocycles. The van der Waals surface area contributed by atoms with Gasteiger partial charge in [-0.2, -0.15) is 8.42 Å². The Labute approximate surface area is 192 Å². The van der Waals surface area contributed by atoms with E-state index < -0.39 is 25.4 Å². The molecule has 0 aromatic heterocycles. The second kappa shape index (κ2) is 9.53. The first-order chi connectivity index (χ1) is 14.8. The Kier molecular flexibility index (Phi) is 7.85. The molecule has 0 atom stereocenters. The minimum Gasteiger partial charge on any atom is -0.488 e. The fourth-order valence-corrected chi connectivity index (χ4v) is 5.74. The van der Waals surface area contributed by atoms with Crippen LogP contribution < -0.4 is 4.74 Å². The zero-order valence-corrected chi connectivity index (χ0v) is 21.3. The molecule has 6 nitrogen and oxygen atoms in total. The Balaban J connectivity index is 2.53. The largest absolute Gasteiger partial charge is 0.488 e. The highest BCUT2D eigenvalue weighted by Gasteiger charge is 2.31. The molecule has 0 aliphatic rings. The number of hydrogen-bond acceptors (Lipinski definition) is 5. The van der Waals surface area contributed by atoms with E-state index in [0.29, 0.717) is 24.2 Å². The average molecular weight is 483 g/mol. The second-order valence-electron chi connectivity index (χ2n) is 8.63. The molecule has 0 unspecified atom stereocenters. The van der Waals surface area contributed by atoms with E-state index in [1.165, 1.54) is 24.3 Å². The fraction of sp³-hybridized carbons (Fsp3) is 0.500. The lowest BCUT2D eigenvalue weighted by Crippen LogP contribution is -2.30. The summed E-state index contributed by atoms with van der Waals surface area (Å²) in [5.41, 5.74) is -0.449. The van der Waals surface area contributed by atoms with Crippen molar-refractivity contribution in [1.82, 2.24) is 0 Å². The van der Waals surface area contributed by atoms with Crippen LogP contribution in [-0.4, -0.2) is 27.0 Å². The van der Waals surface area contributed by atoms with E-state index in [1.54, 1.807) is 12.1 Å². The van der Waals surface area contributed by atoms with Gasteiger partial charge in [-0.05, 0) is 80.0 Å². The Bertz CT molecular complexity index is 1140. The van der Waals surface area contributed by atoms with Gasteiger partial charge in [-0.1, -0.05) is 40.7 Å². The highest BCUT2D eigenvalue weighted by molar-refractivity contribution is 7.91. The van der Waals surface area contributed by atoms with Gasteiger partial charge in [-0.25, -0.2) is 8.42 Å². The summed E-state index contributed by atoms with van der Waals surface area (Å²) in [6.07, 6.45) is 2.88. The van der Waals surface area contributed by atoms with Crippen LogP contribution >= 0.6 is 0 Å². The van der Waals surface area contributed by atoms with Gasteiger partial charge >= 0.3 is 0 Å². The predicted octanol–water partition coefficient (Wildman–Crippen LogP) is 5.80. The maximum atomic E-state index is 13.2. The Morgan fingerprint density at radius 2 is 1.28 bits per heavy atom. The molecular formula is C24H34O6S2. The summed E-state index contributed by atoms with van der Waals surface area (Å²) in [6.45, 7) is 11.8. The maximum Gasteiger partial charge on any atom is 0.294 e. The Hall–Kier alpha value is -1.90. The molecule has 0 aliphatic carbocycles. The predicted molar refractivity (Wildman–Crippen MR) is 126 cm³/mol. The zero-order valence-electron chi connectivity index (χ0n) is 19.7. The van der Waals surface area contributed by atoms with E-state index in [2.05, 4.69) is 0 Å². The van der Waals surface area contributed by atoms with Gasteiger partial charge in [0.1, 0.15) is 11.4 Å². The number of rotatable bonds is 10. The van der Waals surface area contributed by atoms with Crippen molar-refractivity contribution in [3.8, 4) is 5.75 Å². The first kappa shape index (κ1) is 26.4. The zero-order chi connectivity index (χ0) is 24.4. The normalized spacial score (nSPS) is 13.2. The van der Waals surface area contributed by atoms with E-state index in [4.69, 9.17) is 4.74 Å². The Morgan fingerprint density at radius 1 is 0.781 bits per heavy atom. The van der Waals surface area contributed by atoms with Crippen molar-refractivity contribution >= 4 is 20.0 Å². The van der Waals surface area contributed by atoms with Gasteiger partial charge in [-0.15, -0.1) is 0 Å². The molecule has 0 heterocycles. The third kappa shape index (κ3) is 5.35. The van der Waals surface area contributed by atoms with Gasteiger partial charge in [0.05, 0.1) is 14.7 Å². The SMILES string of the molecule is CCC(C)(CC)Oc1ccc(S(=O)(=O)c2ccc(C(C)(CC)CC)c(S(=O)(=O)O)c2)cc1. The number of hydrogen-bond donors (Lipinski definition) is 1. The van der Waals surface area contributed by atoms with Crippen molar-refractivity contribution in [3.63, 3.8) is 0 Å². The lowest BCUT2D eigenvalue weighted by molar-refractivity contribution is 0.0802. The summed E-state index contributed by atoms with van der Waals surface area (Å²) in [4.78, 5) is -0.544. The van der Waals surface area contributed by atoms with Crippen LogP contribution in [0.25, 0.3) is 0 Å². The molecule has 178 valence electrons. The van der Waals surface area contributed by atoms with E-state index in [0.717, 1.165) is 18.9 Å². The fourth-order valence-electron chi connectivity index (χ4n) is 3.51. The molecule has 0 amide bonds. The van der Waals surface area contributed by atoms with Crippen molar-refractivity contribution in [1.29, 1.82) is 0 Å². The van der Waals surface area contributed by atoms with Crippen molar-refractivity contribution in [2.24, 2.45) is 0 Å². The summed E-state index contributed by atoms with van der Waals surface area (Å²) in [7, 11) is -8.62. The third-order valence-corrected chi connectivity index (χ3v) is 9.41. The van der Waals surface area contributed by atoms with E-state index in [1.807, 2.05) is 41.5 Å². The van der Waals surface area contributed by atoms with Crippen molar-refractivity contribution < 1.29 is 26.1 Å². The lowest BCUT2D eigenvalue weighted by atomic mass is 9.78. The minimum absolute atomic E-state index is 0.0160. The molecule has 2 rings (SSSR count). The molecular weight excluding hydrogens is 448 g/mol. The van der Waals surface area contributed by atoms with Crippen molar-refractivity contribution in [2.75, 3.05) is 0 Å². The number of benzene rings is 2. The number of sulfone groups is 1. The second-order valence-corrected chi connectivity index (χ2v) is 12.0. The summed E-state index contributed by atoms with van der Waals surface area (Å²) >= 11 is 0. The summed E-state index contributed by atoms with van der Waals surface area (Å²) in [5, 5.41) is 0. The average Bonchev–Trinajstić information content (AvgIpc) is 2.77. The van der Waals surface area contributed by atoms with E-state index >= 15 is 0 Å². The van der Waals surface area contributed by atoms with Crippen LogP contribution in [0.4, 0.5) is 0 Å². The Morgan fingerprint density at radius 3 is 1.72 bits per heavy atom. The van der Waals surface area contributed by atoms with Crippen molar-refractivity contribution in [2.45, 2.75) is 92.9 Å². The molecule has 2 aromatic rings. The minimum atomic E-state index is -4.62. The van der Waals surface area contributed by atoms with Gasteiger partial charge in [0.2, 0.25) is 9.84 Å². The summed E-state index contributed by atoms with van der Waals surface area (Å²) < 4.78 is 66.5. The van der Waals surface area contributed by atoms with Gasteiger partial charge in [0.25, 0.3) is 10.1 Å². The van der Waals surface area contributed by atoms with E-state index in [-0.39, 0.29) is 20.3 Å². The van der Waals surface area contributed by atoms with Gasteiger partial charge < -0.3 is 4.74 Å². The van der Waals surface area contributed by atoms with Crippen LogP contribution in [0.15, 0.2) is 57.2 Å². The maximum absolute atomic E-state index is 13.2. The third-order valence-electron chi connectivity index (χ3n) is 6.75. The molecule has 0 radical (unpaired) electrons. The molecule has 0 bridgehead atoms. The summed E-state index contributed by atoms with van der Waals surface area (Å²) in [6, 6.07) is 10.0. The molecule has 0 saturated carbocycles. The first-order valence-electron chi connectivity index (χ1n) is 10.9. The van der Waals surface area contributed by atoms with Crippen LogP contribution in [-0.2, 0) is 25.4 Å². The van der Waals surface area contributed by atoms with Crippen LogP contribution in [0.2, 0.25) is 0 Å². The van der Waals surface area contributed by atoms with Gasteiger partial charge in [0, 0.05) is 0 Å². The highest BCUT2D eigenvalue weighted by atomic mass is 32.2. The first-order valence-corrected chi connectivity index (χ1v) is 13.8. The van der Waals surface area contributed by atoms with Crippen LogP contribution in [0, 0.1) is 0 Å². The van der Waals surface area contributed by atoms with Gasteiger partial charge in [0.15, 0.2) is 0 Å². The topological polar surface area (TPSA) is 97.7 Å².